The van der Waals surface area contributed by atoms with E-state index < -0.39 is 0 Å². The number of amidine groups is 1. The number of hydrogen-bond acceptors (Lipinski definition) is 3. The van der Waals surface area contributed by atoms with Gasteiger partial charge in [-0.05, 0) is 13.6 Å². The lowest BCUT2D eigenvalue weighted by Gasteiger charge is -2.13. The summed E-state index contributed by atoms with van der Waals surface area (Å²) in [6.45, 7) is 4.23. The van der Waals surface area contributed by atoms with Gasteiger partial charge in [-0.2, -0.15) is 0 Å². The molecule has 0 heterocycles. The highest BCUT2D eigenvalue weighted by molar-refractivity contribution is 5.91. The molecule has 0 spiro atoms. The van der Waals surface area contributed by atoms with Crippen molar-refractivity contribution >= 4 is 12.2 Å². The minimum atomic E-state index is 0.937. The molecule has 0 aliphatic rings. The molecule has 0 fully saturated rings. The Bertz CT molecular complexity index is 174. The summed E-state index contributed by atoms with van der Waals surface area (Å²) in [5, 5.41) is 3.03. The first-order chi connectivity index (χ1) is 6.24. The maximum atomic E-state index is 4.12. The van der Waals surface area contributed by atoms with E-state index in [1.54, 1.807) is 20.4 Å². The van der Waals surface area contributed by atoms with Crippen LogP contribution >= 0.6 is 0 Å². The summed E-state index contributed by atoms with van der Waals surface area (Å²) in [6, 6.07) is 0. The topological polar surface area (TPSA) is 40.0 Å². The summed E-state index contributed by atoms with van der Waals surface area (Å²) in [7, 11) is 5.62. The molecule has 4 heteroatoms. The summed E-state index contributed by atoms with van der Waals surface area (Å²) in [5.41, 5.74) is 0. The van der Waals surface area contributed by atoms with Crippen LogP contribution in [-0.2, 0) is 0 Å². The third kappa shape index (κ3) is 6.28. The minimum Gasteiger partial charge on any atom is -0.335 e. The number of nitrogens with one attached hydrogen (secondary N) is 1. The highest BCUT2D eigenvalue weighted by atomic mass is 15.1. The molecule has 4 nitrogen and oxygen atoms in total. The fourth-order valence-electron chi connectivity index (χ4n) is 0.842. The molecule has 0 rings (SSSR count). The summed E-state index contributed by atoms with van der Waals surface area (Å²) >= 11 is 0. The molecule has 0 aliphatic carbocycles. The van der Waals surface area contributed by atoms with Crippen molar-refractivity contribution in [2.75, 3.05) is 34.2 Å². The Labute approximate surface area is 80.8 Å². The molecule has 0 atom stereocenters. The summed E-state index contributed by atoms with van der Waals surface area (Å²) in [6.07, 6.45) is 2.60. The van der Waals surface area contributed by atoms with E-state index in [4.69, 9.17) is 0 Å². The van der Waals surface area contributed by atoms with E-state index >= 15 is 0 Å². The van der Waals surface area contributed by atoms with E-state index in [1.165, 1.54) is 0 Å². The van der Waals surface area contributed by atoms with Crippen LogP contribution in [-0.4, -0.2) is 51.3 Å². The second-order valence-corrected chi connectivity index (χ2v) is 2.85. The van der Waals surface area contributed by atoms with Crippen molar-refractivity contribution in [3.63, 3.8) is 0 Å². The molecule has 0 aliphatic heterocycles. The molecule has 0 aromatic rings. The standard InChI is InChI=1S/C9H20N4/c1-5-13(4)7-6-9(11-3)12-8-10-2/h8H,5-7H2,1-4H3,(H,10,11,12). The maximum absolute atomic E-state index is 4.12. The molecule has 0 amide bonds. The van der Waals surface area contributed by atoms with Crippen LogP contribution in [0.15, 0.2) is 9.98 Å². The third-order valence-electron chi connectivity index (χ3n) is 1.90. The molecular weight excluding hydrogens is 164 g/mol. The molecular formula is C9H20N4. The third-order valence-corrected chi connectivity index (χ3v) is 1.90. The van der Waals surface area contributed by atoms with Crippen LogP contribution in [0.25, 0.3) is 0 Å². The fourth-order valence-corrected chi connectivity index (χ4v) is 0.842. The van der Waals surface area contributed by atoms with E-state index in [-0.39, 0.29) is 0 Å². The quantitative estimate of drug-likeness (QED) is 0.502. The Morgan fingerprint density at radius 2 is 2.15 bits per heavy atom. The highest BCUT2D eigenvalue weighted by Crippen LogP contribution is 1.87. The monoisotopic (exact) mass is 184 g/mol. The van der Waals surface area contributed by atoms with Gasteiger partial charge in [0.05, 0.1) is 6.34 Å². The van der Waals surface area contributed by atoms with Crippen LogP contribution in [0.3, 0.4) is 0 Å². The van der Waals surface area contributed by atoms with Crippen LogP contribution in [0.1, 0.15) is 13.3 Å². The predicted octanol–water partition coefficient (Wildman–Crippen LogP) is 0.604. The SMILES string of the molecule is CCN(C)CCC(=NC)NC=NC. The van der Waals surface area contributed by atoms with E-state index in [0.717, 1.165) is 25.3 Å². The molecule has 0 saturated carbocycles. The zero-order valence-corrected chi connectivity index (χ0v) is 9.04. The first-order valence-electron chi connectivity index (χ1n) is 4.56. The van der Waals surface area contributed by atoms with Crippen LogP contribution in [0.4, 0.5) is 0 Å². The lowest BCUT2D eigenvalue weighted by molar-refractivity contribution is 0.363. The van der Waals surface area contributed by atoms with E-state index in [9.17, 15) is 0 Å². The highest BCUT2D eigenvalue weighted by Gasteiger charge is 1.98. The van der Waals surface area contributed by atoms with Gasteiger partial charge in [-0.1, -0.05) is 6.92 Å². The van der Waals surface area contributed by atoms with Gasteiger partial charge in [-0.25, -0.2) is 0 Å². The van der Waals surface area contributed by atoms with Gasteiger partial charge in [0.1, 0.15) is 5.84 Å². The van der Waals surface area contributed by atoms with Gasteiger partial charge in [0.2, 0.25) is 0 Å². The first kappa shape index (κ1) is 12.1. The van der Waals surface area contributed by atoms with Crippen molar-refractivity contribution in [2.45, 2.75) is 13.3 Å². The number of nitrogens with zero attached hydrogens (tertiary/aromatic N) is 3. The zero-order valence-electron chi connectivity index (χ0n) is 9.04. The van der Waals surface area contributed by atoms with Crippen molar-refractivity contribution in [3.8, 4) is 0 Å². The molecule has 0 unspecified atom stereocenters. The van der Waals surface area contributed by atoms with Gasteiger partial charge >= 0.3 is 0 Å². The Morgan fingerprint density at radius 1 is 1.46 bits per heavy atom. The molecule has 0 saturated heterocycles. The summed E-state index contributed by atoms with van der Waals surface area (Å²) in [5.74, 6) is 0.978. The lowest BCUT2D eigenvalue weighted by atomic mass is 10.3. The Morgan fingerprint density at radius 3 is 2.62 bits per heavy atom. The molecule has 13 heavy (non-hydrogen) atoms. The molecule has 0 aromatic carbocycles. The van der Waals surface area contributed by atoms with E-state index in [2.05, 4.69) is 34.2 Å². The van der Waals surface area contributed by atoms with Crippen molar-refractivity contribution in [2.24, 2.45) is 9.98 Å². The summed E-state index contributed by atoms with van der Waals surface area (Å²) < 4.78 is 0. The largest absolute Gasteiger partial charge is 0.335 e. The zero-order chi connectivity index (χ0) is 10.1. The van der Waals surface area contributed by atoms with Crippen molar-refractivity contribution in [1.82, 2.24) is 10.2 Å². The maximum Gasteiger partial charge on any atom is 0.102 e. The van der Waals surface area contributed by atoms with Crippen molar-refractivity contribution in [3.05, 3.63) is 0 Å². The van der Waals surface area contributed by atoms with Gasteiger partial charge in [0, 0.05) is 27.1 Å². The van der Waals surface area contributed by atoms with Gasteiger partial charge in [-0.15, -0.1) is 0 Å². The minimum absolute atomic E-state index is 0.937. The average Bonchev–Trinajstić information content (AvgIpc) is 2.17. The smallest absolute Gasteiger partial charge is 0.102 e. The lowest BCUT2D eigenvalue weighted by Crippen LogP contribution is -2.28. The van der Waals surface area contributed by atoms with E-state index in [0.29, 0.717) is 0 Å². The second kappa shape index (κ2) is 7.73. The van der Waals surface area contributed by atoms with Crippen LogP contribution in [0.2, 0.25) is 0 Å². The average molecular weight is 184 g/mol. The number of aliphatic imine (C=N–C) groups is 2. The van der Waals surface area contributed by atoms with Crippen LogP contribution < -0.4 is 5.32 Å². The van der Waals surface area contributed by atoms with Crippen molar-refractivity contribution < 1.29 is 0 Å². The normalized spacial score (nSPS) is 12.8. The van der Waals surface area contributed by atoms with Gasteiger partial charge in [0.15, 0.2) is 0 Å². The van der Waals surface area contributed by atoms with Gasteiger partial charge in [0.25, 0.3) is 0 Å². The molecule has 76 valence electrons. The number of rotatable bonds is 5. The Balaban J connectivity index is 3.73. The number of hydrogen-bond donors (Lipinski definition) is 1. The first-order valence-corrected chi connectivity index (χ1v) is 4.56. The molecule has 0 bridgehead atoms. The van der Waals surface area contributed by atoms with Crippen LogP contribution in [0, 0.1) is 0 Å². The van der Waals surface area contributed by atoms with Gasteiger partial charge in [-0.3, -0.25) is 9.98 Å². The molecule has 0 aromatic heterocycles. The fraction of sp³-hybridized carbons (Fsp3) is 0.778. The predicted molar refractivity (Wildman–Crippen MR) is 58.7 cm³/mol. The Kier molecular flexibility index (Phi) is 7.20. The van der Waals surface area contributed by atoms with Crippen molar-refractivity contribution in [1.29, 1.82) is 0 Å². The molecule has 1 N–H and O–H groups in total. The van der Waals surface area contributed by atoms with Crippen LogP contribution in [0.5, 0.6) is 0 Å². The molecule has 0 radical (unpaired) electrons. The van der Waals surface area contributed by atoms with E-state index in [1.807, 2.05) is 0 Å². The van der Waals surface area contributed by atoms with Gasteiger partial charge < -0.3 is 10.2 Å². The Hall–Kier alpha value is -0.900. The second-order valence-electron chi connectivity index (χ2n) is 2.85. The summed E-state index contributed by atoms with van der Waals surface area (Å²) in [4.78, 5) is 10.2.